The highest BCUT2D eigenvalue weighted by atomic mass is 28.3. The van der Waals surface area contributed by atoms with E-state index >= 15 is 0 Å². The fourth-order valence-corrected chi connectivity index (χ4v) is 2.42. The second kappa shape index (κ2) is 7.70. The molecule has 0 saturated carbocycles. The molecule has 0 amide bonds. The SMILES string of the molecule is CCOC(=O)/C(=C\CC(C)C)CC[Si](C)(C)C. The monoisotopic (exact) mass is 256 g/mol. The minimum Gasteiger partial charge on any atom is -0.463 e. The average Bonchev–Trinajstić information content (AvgIpc) is 2.15. The summed E-state index contributed by atoms with van der Waals surface area (Å²) in [5.74, 6) is 0.470. The molecule has 0 aromatic rings. The fourth-order valence-electron chi connectivity index (χ4n) is 1.40. The van der Waals surface area contributed by atoms with Gasteiger partial charge in [-0.25, -0.2) is 4.79 Å². The molecule has 2 nitrogen and oxygen atoms in total. The van der Waals surface area contributed by atoms with E-state index in [1.165, 1.54) is 0 Å². The van der Waals surface area contributed by atoms with Crippen LogP contribution >= 0.6 is 0 Å². The Hall–Kier alpha value is -0.573. The van der Waals surface area contributed by atoms with Gasteiger partial charge in [0.25, 0.3) is 0 Å². The summed E-state index contributed by atoms with van der Waals surface area (Å²) in [6.07, 6.45) is 3.91. The summed E-state index contributed by atoms with van der Waals surface area (Å²) < 4.78 is 5.11. The number of allylic oxidation sites excluding steroid dienone is 1. The van der Waals surface area contributed by atoms with E-state index in [1.54, 1.807) is 0 Å². The Morgan fingerprint density at radius 3 is 2.29 bits per heavy atom. The van der Waals surface area contributed by atoms with Crippen LogP contribution in [-0.4, -0.2) is 20.7 Å². The van der Waals surface area contributed by atoms with Crippen LogP contribution in [0.2, 0.25) is 25.7 Å². The van der Waals surface area contributed by atoms with Crippen molar-refractivity contribution in [2.45, 2.75) is 59.3 Å². The fraction of sp³-hybridized carbons (Fsp3) is 0.786. The summed E-state index contributed by atoms with van der Waals surface area (Å²) >= 11 is 0. The molecule has 0 radical (unpaired) electrons. The van der Waals surface area contributed by atoms with E-state index in [9.17, 15) is 4.79 Å². The number of hydrogen-bond acceptors (Lipinski definition) is 2. The molecule has 0 bridgehead atoms. The summed E-state index contributed by atoms with van der Waals surface area (Å²) in [4.78, 5) is 11.8. The van der Waals surface area contributed by atoms with Crippen LogP contribution in [0.5, 0.6) is 0 Å². The summed E-state index contributed by atoms with van der Waals surface area (Å²) in [5, 5.41) is 0. The Balaban J connectivity index is 4.51. The first-order chi connectivity index (χ1) is 7.76. The third-order valence-corrected chi connectivity index (χ3v) is 4.27. The largest absolute Gasteiger partial charge is 0.463 e. The van der Waals surface area contributed by atoms with Gasteiger partial charge in [0.2, 0.25) is 0 Å². The zero-order valence-electron chi connectivity index (χ0n) is 12.3. The van der Waals surface area contributed by atoms with Crippen LogP contribution in [-0.2, 0) is 9.53 Å². The van der Waals surface area contributed by atoms with Crippen LogP contribution < -0.4 is 0 Å². The van der Waals surface area contributed by atoms with Crippen LogP contribution in [0.25, 0.3) is 0 Å². The molecule has 17 heavy (non-hydrogen) atoms. The molecule has 0 aliphatic carbocycles. The Kier molecular flexibility index (Phi) is 7.44. The van der Waals surface area contributed by atoms with Gasteiger partial charge < -0.3 is 4.74 Å². The standard InChI is InChI=1S/C14H28O2Si/c1-7-16-14(15)13(9-8-12(2)3)10-11-17(4,5)6/h9,12H,7-8,10-11H2,1-6H3/b13-9-. The Morgan fingerprint density at radius 2 is 1.88 bits per heavy atom. The number of rotatable bonds is 7. The molecule has 0 atom stereocenters. The van der Waals surface area contributed by atoms with E-state index in [2.05, 4.69) is 39.6 Å². The lowest BCUT2D eigenvalue weighted by Gasteiger charge is -2.16. The molecule has 0 unspecified atom stereocenters. The quantitative estimate of drug-likeness (QED) is 0.387. The predicted molar refractivity (Wildman–Crippen MR) is 76.9 cm³/mol. The number of esters is 1. The molecule has 0 rings (SSSR count). The van der Waals surface area contributed by atoms with Gasteiger partial charge in [-0.05, 0) is 25.7 Å². The maximum absolute atomic E-state index is 11.8. The summed E-state index contributed by atoms with van der Waals surface area (Å²) in [6.45, 7) is 13.6. The first-order valence-corrected chi connectivity index (χ1v) is 10.3. The second-order valence-electron chi connectivity index (χ2n) is 6.14. The molecular weight excluding hydrogens is 228 g/mol. The van der Waals surface area contributed by atoms with E-state index in [4.69, 9.17) is 4.74 Å². The molecule has 100 valence electrons. The van der Waals surface area contributed by atoms with Gasteiger partial charge in [-0.1, -0.05) is 45.6 Å². The number of carbonyl (C=O) groups is 1. The molecule has 3 heteroatoms. The first kappa shape index (κ1) is 16.4. The zero-order valence-corrected chi connectivity index (χ0v) is 13.3. The molecule has 0 spiro atoms. The Labute approximate surface area is 107 Å². The van der Waals surface area contributed by atoms with Gasteiger partial charge in [-0.15, -0.1) is 0 Å². The van der Waals surface area contributed by atoms with Gasteiger partial charge in [0.05, 0.1) is 6.61 Å². The third-order valence-electron chi connectivity index (χ3n) is 2.52. The minimum atomic E-state index is -1.09. The van der Waals surface area contributed by atoms with Crippen LogP contribution in [0, 0.1) is 5.92 Å². The third kappa shape index (κ3) is 9.16. The normalized spacial score (nSPS) is 13.0. The Morgan fingerprint density at radius 1 is 1.29 bits per heavy atom. The van der Waals surface area contributed by atoms with Crippen molar-refractivity contribution in [2.75, 3.05) is 6.61 Å². The van der Waals surface area contributed by atoms with E-state index in [1.807, 2.05) is 6.92 Å². The van der Waals surface area contributed by atoms with Crippen LogP contribution in [0.4, 0.5) is 0 Å². The lowest BCUT2D eigenvalue weighted by Crippen LogP contribution is -2.20. The zero-order chi connectivity index (χ0) is 13.5. The highest BCUT2D eigenvalue weighted by Crippen LogP contribution is 2.18. The van der Waals surface area contributed by atoms with Gasteiger partial charge >= 0.3 is 5.97 Å². The minimum absolute atomic E-state index is 0.119. The molecule has 0 aliphatic rings. The lowest BCUT2D eigenvalue weighted by molar-refractivity contribution is -0.138. The highest BCUT2D eigenvalue weighted by Gasteiger charge is 2.17. The van der Waals surface area contributed by atoms with Gasteiger partial charge in [-0.2, -0.15) is 0 Å². The summed E-state index contributed by atoms with van der Waals surface area (Å²) in [7, 11) is -1.09. The topological polar surface area (TPSA) is 26.3 Å². The van der Waals surface area contributed by atoms with E-state index in [0.29, 0.717) is 12.5 Å². The summed E-state index contributed by atoms with van der Waals surface area (Å²) in [5.41, 5.74) is 0.878. The number of carbonyl (C=O) groups excluding carboxylic acids is 1. The first-order valence-electron chi connectivity index (χ1n) is 6.62. The highest BCUT2D eigenvalue weighted by molar-refractivity contribution is 6.76. The Bertz CT molecular complexity index is 262. The maximum atomic E-state index is 11.8. The van der Waals surface area contributed by atoms with Crippen molar-refractivity contribution >= 4 is 14.0 Å². The molecule has 0 aromatic heterocycles. The van der Waals surface area contributed by atoms with E-state index in [-0.39, 0.29) is 5.97 Å². The smallest absolute Gasteiger partial charge is 0.333 e. The molecule has 0 fully saturated rings. The predicted octanol–water partition coefficient (Wildman–Crippen LogP) is 4.25. The van der Waals surface area contributed by atoms with Gasteiger partial charge in [0, 0.05) is 13.6 Å². The molecule has 0 N–H and O–H groups in total. The van der Waals surface area contributed by atoms with E-state index in [0.717, 1.165) is 24.5 Å². The van der Waals surface area contributed by atoms with Crippen LogP contribution in [0.3, 0.4) is 0 Å². The van der Waals surface area contributed by atoms with Crippen molar-refractivity contribution < 1.29 is 9.53 Å². The van der Waals surface area contributed by atoms with Gasteiger partial charge in [0.1, 0.15) is 0 Å². The molecular formula is C14H28O2Si. The van der Waals surface area contributed by atoms with Gasteiger partial charge in [0.15, 0.2) is 0 Å². The van der Waals surface area contributed by atoms with Crippen molar-refractivity contribution in [1.29, 1.82) is 0 Å². The average molecular weight is 256 g/mol. The molecule has 0 saturated heterocycles. The van der Waals surface area contributed by atoms with E-state index < -0.39 is 8.07 Å². The second-order valence-corrected chi connectivity index (χ2v) is 11.8. The number of ether oxygens (including phenoxy) is 1. The maximum Gasteiger partial charge on any atom is 0.333 e. The van der Waals surface area contributed by atoms with Crippen molar-refractivity contribution in [2.24, 2.45) is 5.92 Å². The van der Waals surface area contributed by atoms with Crippen LogP contribution in [0.1, 0.15) is 33.6 Å². The molecule has 0 aliphatic heterocycles. The van der Waals surface area contributed by atoms with Crippen molar-refractivity contribution in [1.82, 2.24) is 0 Å². The number of hydrogen-bond donors (Lipinski definition) is 0. The molecule has 0 aromatic carbocycles. The van der Waals surface area contributed by atoms with Crippen molar-refractivity contribution in [3.63, 3.8) is 0 Å². The molecule has 0 heterocycles. The summed E-state index contributed by atoms with van der Waals surface area (Å²) in [6, 6.07) is 1.15. The van der Waals surface area contributed by atoms with Crippen molar-refractivity contribution in [3.05, 3.63) is 11.6 Å². The van der Waals surface area contributed by atoms with Crippen LogP contribution in [0.15, 0.2) is 11.6 Å². The van der Waals surface area contributed by atoms with Gasteiger partial charge in [-0.3, -0.25) is 0 Å². The lowest BCUT2D eigenvalue weighted by atomic mass is 10.1. The van der Waals surface area contributed by atoms with Crippen molar-refractivity contribution in [3.8, 4) is 0 Å².